The van der Waals surface area contributed by atoms with E-state index in [2.05, 4.69) is 9.97 Å². The summed E-state index contributed by atoms with van der Waals surface area (Å²) in [4.78, 5) is 17.2. The van der Waals surface area contributed by atoms with Crippen molar-refractivity contribution in [1.29, 1.82) is 0 Å². The van der Waals surface area contributed by atoms with Crippen LogP contribution in [0.25, 0.3) is 11.0 Å². The monoisotopic (exact) mass is 196 g/mol. The van der Waals surface area contributed by atoms with Gasteiger partial charge >= 0.3 is 5.97 Å². The van der Waals surface area contributed by atoms with Crippen LogP contribution in [0.15, 0.2) is 18.3 Å². The first-order valence-corrected chi connectivity index (χ1v) is 3.93. The number of carboxylic acids is 1. The minimum absolute atomic E-state index is 0.0931. The molecular formula is C8H5ClN2O2. The summed E-state index contributed by atoms with van der Waals surface area (Å²) in [5.74, 6) is -1.02. The Bertz CT molecular complexity index is 478. The van der Waals surface area contributed by atoms with Gasteiger partial charge in [-0.2, -0.15) is 0 Å². The van der Waals surface area contributed by atoms with E-state index in [9.17, 15) is 4.79 Å². The minimum Gasteiger partial charge on any atom is -0.477 e. The summed E-state index contributed by atoms with van der Waals surface area (Å²) in [6.45, 7) is 0. The van der Waals surface area contributed by atoms with E-state index < -0.39 is 5.97 Å². The lowest BCUT2D eigenvalue weighted by Gasteiger charge is -1.88. The molecule has 0 unspecified atom stereocenters. The highest BCUT2D eigenvalue weighted by atomic mass is 35.5. The van der Waals surface area contributed by atoms with Gasteiger partial charge in [0, 0.05) is 11.6 Å². The number of nitrogens with one attached hydrogen (secondary N) is 1. The summed E-state index contributed by atoms with van der Waals surface area (Å²) in [5, 5.41) is 9.80. The number of pyridine rings is 1. The molecule has 4 nitrogen and oxygen atoms in total. The Labute approximate surface area is 78.2 Å². The number of carboxylic acid groups (broad SMARTS) is 1. The zero-order valence-electron chi connectivity index (χ0n) is 6.41. The Hall–Kier alpha value is -1.55. The third kappa shape index (κ3) is 1.25. The molecule has 2 aromatic rings. The SMILES string of the molecule is O=C(O)c1cc2c(Cl)ccnc2[nH]1. The first kappa shape index (κ1) is 8.07. The molecule has 2 rings (SSSR count). The van der Waals surface area contributed by atoms with Crippen LogP contribution in [0.3, 0.4) is 0 Å². The number of fused-ring (bicyclic) bond motifs is 1. The van der Waals surface area contributed by atoms with E-state index in [0.29, 0.717) is 16.1 Å². The third-order valence-electron chi connectivity index (χ3n) is 1.71. The predicted octanol–water partition coefficient (Wildman–Crippen LogP) is 1.91. The molecule has 13 heavy (non-hydrogen) atoms. The number of carbonyl (C=O) groups is 1. The summed E-state index contributed by atoms with van der Waals surface area (Å²) in [5.41, 5.74) is 0.584. The van der Waals surface area contributed by atoms with E-state index in [1.165, 1.54) is 12.3 Å². The van der Waals surface area contributed by atoms with Gasteiger partial charge in [0.2, 0.25) is 0 Å². The van der Waals surface area contributed by atoms with E-state index in [4.69, 9.17) is 16.7 Å². The Balaban J connectivity index is 2.75. The first-order valence-electron chi connectivity index (χ1n) is 3.55. The van der Waals surface area contributed by atoms with Crippen LogP contribution in [0.5, 0.6) is 0 Å². The number of H-pyrrole nitrogens is 1. The molecule has 0 aliphatic heterocycles. The molecule has 0 aliphatic carbocycles. The van der Waals surface area contributed by atoms with Crippen LogP contribution in [0.2, 0.25) is 5.02 Å². The summed E-state index contributed by atoms with van der Waals surface area (Å²) in [6, 6.07) is 3.08. The van der Waals surface area contributed by atoms with Gasteiger partial charge in [-0.3, -0.25) is 0 Å². The molecule has 2 heterocycles. The summed E-state index contributed by atoms with van der Waals surface area (Å²) in [7, 11) is 0. The van der Waals surface area contributed by atoms with E-state index >= 15 is 0 Å². The molecule has 2 N–H and O–H groups in total. The van der Waals surface area contributed by atoms with Gasteiger partial charge in [0.05, 0.1) is 5.02 Å². The Morgan fingerprint density at radius 1 is 1.62 bits per heavy atom. The number of aromatic carboxylic acids is 1. The highest BCUT2D eigenvalue weighted by molar-refractivity contribution is 6.35. The Morgan fingerprint density at radius 3 is 3.00 bits per heavy atom. The molecular weight excluding hydrogens is 192 g/mol. The van der Waals surface area contributed by atoms with Crippen LogP contribution in [-0.4, -0.2) is 21.0 Å². The fourth-order valence-corrected chi connectivity index (χ4v) is 1.31. The van der Waals surface area contributed by atoms with Crippen molar-refractivity contribution in [3.05, 3.63) is 29.0 Å². The van der Waals surface area contributed by atoms with Crippen molar-refractivity contribution >= 4 is 28.6 Å². The molecule has 0 radical (unpaired) electrons. The maximum absolute atomic E-state index is 10.6. The van der Waals surface area contributed by atoms with Crippen molar-refractivity contribution in [1.82, 2.24) is 9.97 Å². The van der Waals surface area contributed by atoms with E-state index in [0.717, 1.165) is 0 Å². The summed E-state index contributed by atoms with van der Waals surface area (Å²) >= 11 is 5.82. The van der Waals surface area contributed by atoms with Crippen LogP contribution in [-0.2, 0) is 0 Å². The fraction of sp³-hybridized carbons (Fsp3) is 0. The largest absolute Gasteiger partial charge is 0.477 e. The molecule has 0 spiro atoms. The third-order valence-corrected chi connectivity index (χ3v) is 2.04. The van der Waals surface area contributed by atoms with E-state index in [-0.39, 0.29) is 5.69 Å². The molecule has 0 fully saturated rings. The van der Waals surface area contributed by atoms with Crippen LogP contribution in [0, 0.1) is 0 Å². The molecule has 5 heteroatoms. The maximum Gasteiger partial charge on any atom is 0.352 e. The smallest absolute Gasteiger partial charge is 0.352 e. The molecule has 0 aromatic carbocycles. The van der Waals surface area contributed by atoms with Crippen molar-refractivity contribution in [2.24, 2.45) is 0 Å². The van der Waals surface area contributed by atoms with Crippen LogP contribution < -0.4 is 0 Å². The number of nitrogens with zero attached hydrogens (tertiary/aromatic N) is 1. The average Bonchev–Trinajstić information content (AvgIpc) is 2.49. The normalized spacial score (nSPS) is 10.5. The molecule has 66 valence electrons. The van der Waals surface area contributed by atoms with Gasteiger partial charge in [0.15, 0.2) is 0 Å². The van der Waals surface area contributed by atoms with Gasteiger partial charge in [-0.25, -0.2) is 9.78 Å². The lowest BCUT2D eigenvalue weighted by Crippen LogP contribution is -1.94. The van der Waals surface area contributed by atoms with Crippen molar-refractivity contribution in [3.8, 4) is 0 Å². The lowest BCUT2D eigenvalue weighted by atomic mass is 10.3. The van der Waals surface area contributed by atoms with Crippen molar-refractivity contribution in [2.45, 2.75) is 0 Å². The lowest BCUT2D eigenvalue weighted by molar-refractivity contribution is 0.0691. The number of rotatable bonds is 1. The summed E-state index contributed by atoms with van der Waals surface area (Å²) in [6.07, 6.45) is 1.52. The maximum atomic E-state index is 10.6. The topological polar surface area (TPSA) is 66.0 Å². The van der Waals surface area contributed by atoms with Crippen molar-refractivity contribution in [3.63, 3.8) is 0 Å². The molecule has 0 bridgehead atoms. The number of aromatic amines is 1. The zero-order chi connectivity index (χ0) is 9.42. The molecule has 0 aliphatic rings. The highest BCUT2D eigenvalue weighted by Crippen LogP contribution is 2.21. The van der Waals surface area contributed by atoms with Gasteiger partial charge in [0.25, 0.3) is 0 Å². The second kappa shape index (κ2) is 2.74. The van der Waals surface area contributed by atoms with Gasteiger partial charge in [-0.15, -0.1) is 0 Å². The number of halogens is 1. The molecule has 0 saturated carbocycles. The standard InChI is InChI=1S/C8H5ClN2O2/c9-5-1-2-10-7-4(5)3-6(11-7)8(12)13/h1-3H,(H,10,11)(H,12,13). The first-order chi connectivity index (χ1) is 6.18. The number of hydrogen-bond donors (Lipinski definition) is 2. The Morgan fingerprint density at radius 2 is 2.38 bits per heavy atom. The number of hydrogen-bond acceptors (Lipinski definition) is 2. The molecule has 0 saturated heterocycles. The molecule has 2 aromatic heterocycles. The van der Waals surface area contributed by atoms with Gasteiger partial charge in [0.1, 0.15) is 11.3 Å². The van der Waals surface area contributed by atoms with Gasteiger partial charge in [-0.1, -0.05) is 11.6 Å². The second-order valence-corrected chi connectivity index (χ2v) is 2.95. The van der Waals surface area contributed by atoms with Crippen LogP contribution >= 0.6 is 11.6 Å². The fourth-order valence-electron chi connectivity index (χ4n) is 1.11. The van der Waals surface area contributed by atoms with Crippen LogP contribution in [0.1, 0.15) is 10.5 Å². The van der Waals surface area contributed by atoms with Crippen molar-refractivity contribution < 1.29 is 9.90 Å². The van der Waals surface area contributed by atoms with Gasteiger partial charge in [-0.05, 0) is 12.1 Å². The van der Waals surface area contributed by atoms with E-state index in [1.807, 2.05) is 0 Å². The highest BCUT2D eigenvalue weighted by Gasteiger charge is 2.09. The minimum atomic E-state index is -1.02. The zero-order valence-corrected chi connectivity index (χ0v) is 7.17. The van der Waals surface area contributed by atoms with Gasteiger partial charge < -0.3 is 10.1 Å². The molecule has 0 amide bonds. The summed E-state index contributed by atoms with van der Waals surface area (Å²) < 4.78 is 0. The average molecular weight is 197 g/mol. The number of aromatic nitrogens is 2. The van der Waals surface area contributed by atoms with Crippen LogP contribution in [0.4, 0.5) is 0 Å². The van der Waals surface area contributed by atoms with Crippen molar-refractivity contribution in [2.75, 3.05) is 0 Å². The quantitative estimate of drug-likeness (QED) is 0.732. The Kier molecular flexibility index (Phi) is 1.70. The predicted molar refractivity (Wildman–Crippen MR) is 48.1 cm³/mol. The van der Waals surface area contributed by atoms with E-state index in [1.54, 1.807) is 6.07 Å². The molecule has 0 atom stereocenters. The second-order valence-electron chi connectivity index (χ2n) is 2.54.